The Morgan fingerprint density at radius 3 is 2.33 bits per heavy atom. The van der Waals surface area contributed by atoms with Gasteiger partial charge in [0.1, 0.15) is 5.75 Å². The summed E-state index contributed by atoms with van der Waals surface area (Å²) in [6.07, 6.45) is 0. The van der Waals surface area contributed by atoms with Gasteiger partial charge >= 0.3 is 0 Å². The number of nitrogens with one attached hydrogen (secondary N) is 1. The summed E-state index contributed by atoms with van der Waals surface area (Å²) in [5.41, 5.74) is 6.68. The molecule has 2 aromatic rings. The molecular formula is C15H16N2O3S. The molecule has 110 valence electrons. The predicted molar refractivity (Wildman–Crippen MR) is 82.8 cm³/mol. The molecule has 0 fully saturated rings. The van der Waals surface area contributed by atoms with Crippen LogP contribution in [-0.2, 0) is 15.6 Å². The average molecular weight is 304 g/mol. The van der Waals surface area contributed by atoms with Gasteiger partial charge in [-0.2, -0.15) is 0 Å². The number of carbonyl (C=O) groups is 1. The number of methoxy groups -OCH3 is 1. The molecule has 0 bridgehead atoms. The molecule has 5 nitrogen and oxygen atoms in total. The number of carbonyl (C=O) groups excluding carboxylic acids is 1. The third kappa shape index (κ3) is 3.61. The van der Waals surface area contributed by atoms with Crippen molar-refractivity contribution in [1.82, 2.24) is 0 Å². The van der Waals surface area contributed by atoms with Crippen molar-refractivity contribution in [1.29, 1.82) is 0 Å². The zero-order chi connectivity index (χ0) is 15.4. The van der Waals surface area contributed by atoms with E-state index in [2.05, 4.69) is 5.32 Å². The van der Waals surface area contributed by atoms with Gasteiger partial charge in [0.25, 0.3) is 0 Å². The summed E-state index contributed by atoms with van der Waals surface area (Å²) >= 11 is 0. The number of amides is 1. The number of nitrogen functional groups attached to an aromatic ring is 1. The van der Waals surface area contributed by atoms with E-state index in [4.69, 9.17) is 10.5 Å². The Bertz CT molecular complexity index is 684. The minimum absolute atomic E-state index is 0.228. The molecule has 1 amide bonds. The van der Waals surface area contributed by atoms with Crippen molar-refractivity contribution in [3.05, 3.63) is 42.5 Å². The maximum Gasteiger partial charge on any atom is 0.221 e. The smallest absolute Gasteiger partial charge is 0.221 e. The van der Waals surface area contributed by atoms with Gasteiger partial charge < -0.3 is 15.8 Å². The lowest BCUT2D eigenvalue weighted by Gasteiger charge is -2.09. The Balaban J connectivity index is 2.31. The molecule has 2 rings (SSSR count). The molecule has 0 aliphatic rings. The maximum atomic E-state index is 12.5. The molecule has 1 atom stereocenters. The van der Waals surface area contributed by atoms with E-state index in [-0.39, 0.29) is 5.91 Å². The van der Waals surface area contributed by atoms with E-state index in [0.29, 0.717) is 26.9 Å². The van der Waals surface area contributed by atoms with Crippen LogP contribution in [-0.4, -0.2) is 17.2 Å². The molecule has 1 unspecified atom stereocenters. The summed E-state index contributed by atoms with van der Waals surface area (Å²) < 4.78 is 17.6. The number of ether oxygens (including phenoxy) is 1. The zero-order valence-electron chi connectivity index (χ0n) is 11.8. The molecule has 0 heterocycles. The molecule has 0 aromatic heterocycles. The predicted octanol–water partition coefficient (Wildman–Crippen LogP) is 2.40. The van der Waals surface area contributed by atoms with Crippen molar-refractivity contribution in [3.8, 4) is 5.75 Å². The average Bonchev–Trinajstić information content (AvgIpc) is 2.48. The van der Waals surface area contributed by atoms with Crippen molar-refractivity contribution in [3.63, 3.8) is 0 Å². The number of nitrogens with two attached hydrogens (primary N) is 1. The van der Waals surface area contributed by atoms with Crippen molar-refractivity contribution in [2.75, 3.05) is 18.2 Å². The Hall–Kier alpha value is -2.34. The number of hydrogen-bond acceptors (Lipinski definition) is 4. The normalized spacial score (nSPS) is 11.7. The van der Waals surface area contributed by atoms with Crippen LogP contribution in [0, 0.1) is 0 Å². The van der Waals surface area contributed by atoms with E-state index in [1.807, 2.05) is 0 Å². The van der Waals surface area contributed by atoms with E-state index in [1.165, 1.54) is 6.92 Å². The van der Waals surface area contributed by atoms with Gasteiger partial charge in [-0.05, 0) is 42.5 Å². The molecule has 3 N–H and O–H groups in total. The second-order valence-corrected chi connectivity index (χ2v) is 5.85. The van der Waals surface area contributed by atoms with Gasteiger partial charge in [0.2, 0.25) is 5.91 Å². The van der Waals surface area contributed by atoms with Crippen molar-refractivity contribution < 1.29 is 13.7 Å². The van der Waals surface area contributed by atoms with Gasteiger partial charge in [-0.1, -0.05) is 0 Å². The minimum atomic E-state index is -1.35. The molecule has 21 heavy (non-hydrogen) atoms. The SMILES string of the molecule is COc1ccc(S(=O)c2ccc(N)c(NC(C)=O)c2)cc1. The van der Waals surface area contributed by atoms with Crippen LogP contribution in [0.15, 0.2) is 52.3 Å². The van der Waals surface area contributed by atoms with Crippen molar-refractivity contribution >= 4 is 28.1 Å². The molecule has 6 heteroatoms. The highest BCUT2D eigenvalue weighted by Gasteiger charge is 2.10. The number of hydrogen-bond donors (Lipinski definition) is 2. The van der Waals surface area contributed by atoms with Crippen molar-refractivity contribution in [2.45, 2.75) is 16.7 Å². The summed E-state index contributed by atoms with van der Waals surface area (Å²) in [6, 6.07) is 11.9. The zero-order valence-corrected chi connectivity index (χ0v) is 12.6. The fraction of sp³-hybridized carbons (Fsp3) is 0.133. The van der Waals surface area contributed by atoms with Crippen LogP contribution in [0.3, 0.4) is 0 Å². The number of rotatable bonds is 4. The Morgan fingerprint density at radius 1 is 1.14 bits per heavy atom. The summed E-state index contributed by atoms with van der Waals surface area (Å²) in [6.45, 7) is 1.40. The Labute approximate surface area is 125 Å². The van der Waals surface area contributed by atoms with Gasteiger partial charge in [0.15, 0.2) is 0 Å². The van der Waals surface area contributed by atoms with Gasteiger partial charge in [0.05, 0.1) is 29.3 Å². The highest BCUT2D eigenvalue weighted by molar-refractivity contribution is 7.85. The maximum absolute atomic E-state index is 12.5. The number of benzene rings is 2. The van der Waals surface area contributed by atoms with E-state index in [9.17, 15) is 9.00 Å². The summed E-state index contributed by atoms with van der Waals surface area (Å²) in [4.78, 5) is 12.3. The molecule has 0 saturated heterocycles. The van der Waals surface area contributed by atoms with Gasteiger partial charge in [-0.15, -0.1) is 0 Å². The van der Waals surface area contributed by atoms with E-state index in [1.54, 1.807) is 49.6 Å². The first-order valence-electron chi connectivity index (χ1n) is 6.24. The highest BCUT2D eigenvalue weighted by Crippen LogP contribution is 2.25. The van der Waals surface area contributed by atoms with Crippen LogP contribution in [0.4, 0.5) is 11.4 Å². The third-order valence-electron chi connectivity index (χ3n) is 2.82. The highest BCUT2D eigenvalue weighted by atomic mass is 32.2. The standard InChI is InChI=1S/C15H16N2O3S/c1-10(18)17-15-9-13(7-8-14(15)16)21(19)12-5-3-11(20-2)4-6-12/h3-9H,16H2,1-2H3,(H,17,18). The summed E-state index contributed by atoms with van der Waals surface area (Å²) in [7, 11) is 0.222. The number of anilines is 2. The lowest BCUT2D eigenvalue weighted by atomic mass is 10.2. The molecule has 0 saturated carbocycles. The monoisotopic (exact) mass is 304 g/mol. The van der Waals surface area contributed by atoms with Gasteiger partial charge in [-0.3, -0.25) is 4.79 Å². The van der Waals surface area contributed by atoms with Crippen LogP contribution < -0.4 is 15.8 Å². The first kappa shape index (κ1) is 15.1. The molecule has 0 spiro atoms. The third-order valence-corrected chi connectivity index (χ3v) is 4.21. The largest absolute Gasteiger partial charge is 0.497 e. The van der Waals surface area contributed by atoms with Crippen LogP contribution in [0.2, 0.25) is 0 Å². The fourth-order valence-corrected chi connectivity index (χ4v) is 2.86. The molecule has 0 radical (unpaired) electrons. The second kappa shape index (κ2) is 6.41. The molecule has 0 aliphatic carbocycles. The Kier molecular flexibility index (Phi) is 4.59. The van der Waals surface area contributed by atoms with Crippen LogP contribution in [0.1, 0.15) is 6.92 Å². The fourth-order valence-electron chi connectivity index (χ4n) is 1.78. The van der Waals surface area contributed by atoms with Gasteiger partial charge in [-0.25, -0.2) is 4.21 Å². The Morgan fingerprint density at radius 2 is 1.76 bits per heavy atom. The summed E-state index contributed by atoms with van der Waals surface area (Å²) in [5, 5.41) is 2.62. The van der Waals surface area contributed by atoms with E-state index in [0.717, 1.165) is 0 Å². The van der Waals surface area contributed by atoms with Crippen LogP contribution in [0.5, 0.6) is 5.75 Å². The van der Waals surface area contributed by atoms with E-state index >= 15 is 0 Å². The van der Waals surface area contributed by atoms with Crippen molar-refractivity contribution in [2.24, 2.45) is 0 Å². The van der Waals surface area contributed by atoms with Gasteiger partial charge in [0, 0.05) is 16.7 Å². The quantitative estimate of drug-likeness (QED) is 0.850. The lowest BCUT2D eigenvalue weighted by Crippen LogP contribution is -2.08. The summed E-state index contributed by atoms with van der Waals surface area (Å²) in [5.74, 6) is 0.473. The van der Waals surface area contributed by atoms with Crippen LogP contribution >= 0.6 is 0 Å². The first-order valence-corrected chi connectivity index (χ1v) is 7.39. The molecular weight excluding hydrogens is 288 g/mol. The molecule has 2 aromatic carbocycles. The first-order chi connectivity index (χ1) is 10.0. The second-order valence-electron chi connectivity index (χ2n) is 4.37. The molecule has 0 aliphatic heterocycles. The van der Waals surface area contributed by atoms with Crippen LogP contribution in [0.25, 0.3) is 0 Å². The van der Waals surface area contributed by atoms with E-state index < -0.39 is 10.8 Å². The topological polar surface area (TPSA) is 81.4 Å². The lowest BCUT2D eigenvalue weighted by molar-refractivity contribution is -0.114. The minimum Gasteiger partial charge on any atom is -0.497 e.